The Labute approximate surface area is 61.3 Å². The highest BCUT2D eigenvalue weighted by atomic mass is 16.5. The molecule has 1 unspecified atom stereocenters. The molecule has 1 aliphatic rings. The molecule has 0 aromatic rings. The van der Waals surface area contributed by atoms with Crippen LogP contribution in [0.4, 0.5) is 0 Å². The third kappa shape index (κ3) is 1.29. The van der Waals surface area contributed by atoms with Gasteiger partial charge in [0.2, 0.25) is 0 Å². The van der Waals surface area contributed by atoms with Crippen molar-refractivity contribution in [2.45, 2.75) is 32.7 Å². The second-order valence-corrected chi connectivity index (χ2v) is 2.61. The lowest BCUT2D eigenvalue weighted by Crippen LogP contribution is -2.37. The van der Waals surface area contributed by atoms with E-state index in [1.54, 1.807) is 0 Å². The average molecular weight is 141 g/mol. The van der Waals surface area contributed by atoms with E-state index < -0.39 is 0 Å². The molecule has 1 rings (SSSR count). The van der Waals surface area contributed by atoms with E-state index in [0.717, 1.165) is 24.4 Å². The molecule has 10 heavy (non-hydrogen) atoms. The largest absolute Gasteiger partial charge is 0.757 e. The van der Waals surface area contributed by atoms with E-state index in [-0.39, 0.29) is 6.04 Å². The van der Waals surface area contributed by atoms with Crippen LogP contribution in [0.25, 0.3) is 0 Å². The van der Waals surface area contributed by atoms with Gasteiger partial charge in [0.15, 0.2) is 0 Å². The van der Waals surface area contributed by atoms with Crippen molar-refractivity contribution < 1.29 is 0 Å². The van der Waals surface area contributed by atoms with Gasteiger partial charge in [-0.25, -0.2) is 0 Å². The molecule has 0 amide bonds. The van der Waals surface area contributed by atoms with Crippen molar-refractivity contribution in [1.82, 2.24) is 5.06 Å². The van der Waals surface area contributed by atoms with Crippen LogP contribution in [0.3, 0.4) is 0 Å². The second-order valence-electron chi connectivity index (χ2n) is 2.61. The molecule has 0 fully saturated rings. The Balaban J connectivity index is 2.62. The van der Waals surface area contributed by atoms with Gasteiger partial charge in [0.1, 0.15) is 0 Å². The fourth-order valence-electron chi connectivity index (χ4n) is 1.09. The van der Waals surface area contributed by atoms with Crippen LogP contribution in [0, 0.1) is 5.21 Å². The Kier molecular flexibility index (Phi) is 2.27. The zero-order valence-corrected chi connectivity index (χ0v) is 6.50. The summed E-state index contributed by atoms with van der Waals surface area (Å²) in [7, 11) is 0. The minimum atomic E-state index is 0.132. The second kappa shape index (κ2) is 3.01. The Morgan fingerprint density at radius 2 is 2.50 bits per heavy atom. The van der Waals surface area contributed by atoms with Gasteiger partial charge in [-0.15, -0.1) is 0 Å². The number of amidine groups is 1. The highest BCUT2D eigenvalue weighted by Gasteiger charge is 2.11. The highest BCUT2D eigenvalue weighted by Crippen LogP contribution is 2.10. The van der Waals surface area contributed by atoms with Crippen LogP contribution in [0.15, 0.2) is 4.99 Å². The maximum atomic E-state index is 11.1. The van der Waals surface area contributed by atoms with Crippen molar-refractivity contribution in [2.75, 3.05) is 6.54 Å². The number of hydroxylamine groups is 2. The van der Waals surface area contributed by atoms with Gasteiger partial charge in [-0.1, -0.05) is 6.92 Å². The number of aliphatic imine (C=N–C) groups is 1. The van der Waals surface area contributed by atoms with Crippen molar-refractivity contribution in [3.05, 3.63) is 5.21 Å². The van der Waals surface area contributed by atoms with E-state index in [1.807, 2.05) is 13.8 Å². The van der Waals surface area contributed by atoms with Crippen LogP contribution < -0.4 is 0 Å². The highest BCUT2D eigenvalue weighted by molar-refractivity contribution is 5.83. The van der Waals surface area contributed by atoms with Crippen LogP contribution in [0.5, 0.6) is 0 Å². The van der Waals surface area contributed by atoms with E-state index in [0.29, 0.717) is 5.84 Å². The van der Waals surface area contributed by atoms with E-state index >= 15 is 0 Å². The van der Waals surface area contributed by atoms with Gasteiger partial charge in [-0.2, -0.15) is 0 Å². The molecule has 1 atom stereocenters. The Bertz CT molecular complexity index is 145. The number of hydrogen-bond acceptors (Lipinski definition) is 3. The predicted molar refractivity (Wildman–Crippen MR) is 41.9 cm³/mol. The molecule has 1 aliphatic heterocycles. The van der Waals surface area contributed by atoms with Crippen LogP contribution in [-0.4, -0.2) is 23.5 Å². The summed E-state index contributed by atoms with van der Waals surface area (Å²) in [6.45, 7) is 4.72. The molecule has 0 aromatic carbocycles. The summed E-state index contributed by atoms with van der Waals surface area (Å²) in [4.78, 5) is 4.11. The van der Waals surface area contributed by atoms with Crippen molar-refractivity contribution in [3.8, 4) is 0 Å². The molecule has 0 radical (unpaired) electrons. The summed E-state index contributed by atoms with van der Waals surface area (Å²) in [5, 5.41) is 12.2. The van der Waals surface area contributed by atoms with Gasteiger partial charge >= 0.3 is 0 Å². The fourth-order valence-corrected chi connectivity index (χ4v) is 1.09. The Hall–Kier alpha value is -0.570. The van der Waals surface area contributed by atoms with Crippen molar-refractivity contribution in [3.63, 3.8) is 0 Å². The molecule has 1 heterocycles. The summed E-state index contributed by atoms with van der Waals surface area (Å²) in [5.41, 5.74) is 0. The lowest BCUT2D eigenvalue weighted by atomic mass is 10.2. The average Bonchev–Trinajstić information content (AvgIpc) is 1.95. The van der Waals surface area contributed by atoms with Gasteiger partial charge in [0.05, 0.1) is 5.84 Å². The molecule has 0 spiro atoms. The summed E-state index contributed by atoms with van der Waals surface area (Å²) < 4.78 is 0. The summed E-state index contributed by atoms with van der Waals surface area (Å²) >= 11 is 0. The molecular formula is C7H13N2O-. The molecule has 0 N–H and O–H groups in total. The molecule has 0 aliphatic carbocycles. The SMILES string of the molecule is CCC1=NCCC(C)N1[O-]. The Morgan fingerprint density at radius 1 is 1.80 bits per heavy atom. The van der Waals surface area contributed by atoms with Gasteiger partial charge in [-0.3, -0.25) is 4.99 Å². The monoisotopic (exact) mass is 141 g/mol. The summed E-state index contributed by atoms with van der Waals surface area (Å²) in [6.07, 6.45) is 1.65. The summed E-state index contributed by atoms with van der Waals surface area (Å²) in [6, 6.07) is 0.132. The minimum absolute atomic E-state index is 0.132. The number of hydrogen-bond donors (Lipinski definition) is 0. The van der Waals surface area contributed by atoms with Gasteiger partial charge in [0, 0.05) is 19.0 Å². The van der Waals surface area contributed by atoms with Crippen LogP contribution in [0.2, 0.25) is 0 Å². The normalized spacial score (nSPS) is 26.5. The third-order valence-electron chi connectivity index (χ3n) is 1.81. The van der Waals surface area contributed by atoms with Crippen molar-refractivity contribution in [2.24, 2.45) is 4.99 Å². The molecule has 3 nitrogen and oxygen atoms in total. The first kappa shape index (κ1) is 7.54. The molecule has 0 saturated carbocycles. The van der Waals surface area contributed by atoms with Crippen LogP contribution >= 0.6 is 0 Å². The maximum Gasteiger partial charge on any atom is 0.0881 e. The first-order valence-electron chi connectivity index (χ1n) is 3.75. The topological polar surface area (TPSA) is 38.7 Å². The van der Waals surface area contributed by atoms with Gasteiger partial charge in [-0.05, 0) is 13.3 Å². The van der Waals surface area contributed by atoms with Crippen molar-refractivity contribution in [1.29, 1.82) is 0 Å². The first-order valence-corrected chi connectivity index (χ1v) is 3.75. The maximum absolute atomic E-state index is 11.1. The molecule has 0 aromatic heterocycles. The minimum Gasteiger partial charge on any atom is -0.757 e. The van der Waals surface area contributed by atoms with E-state index in [9.17, 15) is 5.21 Å². The standard InChI is InChI=1S/C7H13N2O/c1-3-7-8-5-4-6(2)9(7)10/h6H,3-5H2,1-2H3/q-1. The lowest BCUT2D eigenvalue weighted by Gasteiger charge is -2.40. The van der Waals surface area contributed by atoms with Crippen LogP contribution in [-0.2, 0) is 0 Å². The Morgan fingerprint density at radius 3 is 3.00 bits per heavy atom. The zero-order valence-electron chi connectivity index (χ0n) is 6.50. The van der Waals surface area contributed by atoms with Crippen LogP contribution in [0.1, 0.15) is 26.7 Å². The third-order valence-corrected chi connectivity index (χ3v) is 1.81. The van der Waals surface area contributed by atoms with E-state index in [2.05, 4.69) is 4.99 Å². The molecule has 0 saturated heterocycles. The molecule has 58 valence electrons. The van der Waals surface area contributed by atoms with E-state index in [4.69, 9.17) is 0 Å². The summed E-state index contributed by atoms with van der Waals surface area (Å²) in [5.74, 6) is 0.707. The number of rotatable bonds is 1. The number of nitrogens with zero attached hydrogens (tertiary/aromatic N) is 2. The zero-order chi connectivity index (χ0) is 7.56. The van der Waals surface area contributed by atoms with Crippen molar-refractivity contribution >= 4 is 5.84 Å². The molecular weight excluding hydrogens is 128 g/mol. The lowest BCUT2D eigenvalue weighted by molar-refractivity contribution is 0.382. The van der Waals surface area contributed by atoms with E-state index in [1.165, 1.54) is 0 Å². The van der Waals surface area contributed by atoms with Gasteiger partial charge in [0.25, 0.3) is 0 Å². The first-order chi connectivity index (χ1) is 4.75. The molecule has 0 bridgehead atoms. The quantitative estimate of drug-likeness (QED) is 0.553. The van der Waals surface area contributed by atoms with Gasteiger partial charge < -0.3 is 10.3 Å². The fraction of sp³-hybridized carbons (Fsp3) is 0.857. The smallest absolute Gasteiger partial charge is 0.0881 e. The predicted octanol–water partition coefficient (Wildman–Crippen LogP) is 1.39. The molecule has 3 heteroatoms.